The lowest BCUT2D eigenvalue weighted by Gasteiger charge is -2.07. The molecule has 1 aromatic rings. The number of anilines is 1. The maximum atomic E-state index is 5.33. The van der Waals surface area contributed by atoms with Gasteiger partial charge in [0.1, 0.15) is 0 Å². The molecule has 14 heavy (non-hydrogen) atoms. The predicted octanol–water partition coefficient (Wildman–Crippen LogP) is 0.930. The van der Waals surface area contributed by atoms with Crippen LogP contribution in [0.5, 0.6) is 11.5 Å². The highest BCUT2D eigenvalue weighted by Gasteiger charge is 2.17. The summed E-state index contributed by atoms with van der Waals surface area (Å²) in [5.41, 5.74) is 2.39. The molecule has 0 unspecified atom stereocenters. The zero-order valence-corrected chi connectivity index (χ0v) is 7.80. The first-order valence-corrected chi connectivity index (χ1v) is 4.80. The molecule has 0 radical (unpaired) electrons. The van der Waals surface area contributed by atoms with E-state index in [4.69, 9.17) is 9.47 Å². The molecule has 2 N–H and O–H groups in total. The van der Waals surface area contributed by atoms with Gasteiger partial charge < -0.3 is 20.1 Å². The van der Waals surface area contributed by atoms with Gasteiger partial charge in [0.25, 0.3) is 0 Å². The fourth-order valence-electron chi connectivity index (χ4n) is 1.80. The predicted molar refractivity (Wildman–Crippen MR) is 52.8 cm³/mol. The fraction of sp³-hybridized carbons (Fsp3) is 0.400. The molecular formula is C10H12N2O2. The van der Waals surface area contributed by atoms with Crippen LogP contribution in [-0.2, 0) is 6.54 Å². The Morgan fingerprint density at radius 3 is 2.86 bits per heavy atom. The molecule has 0 fully saturated rings. The molecule has 74 valence electrons. The van der Waals surface area contributed by atoms with Crippen molar-refractivity contribution in [2.45, 2.75) is 6.54 Å². The lowest BCUT2D eigenvalue weighted by atomic mass is 10.1. The van der Waals surface area contributed by atoms with Crippen molar-refractivity contribution < 1.29 is 9.47 Å². The Kier molecular flexibility index (Phi) is 1.73. The lowest BCUT2D eigenvalue weighted by Crippen LogP contribution is -2.16. The Hall–Kier alpha value is -1.42. The van der Waals surface area contributed by atoms with E-state index in [0.29, 0.717) is 6.79 Å². The highest BCUT2D eigenvalue weighted by atomic mass is 16.7. The zero-order chi connectivity index (χ0) is 9.38. The summed E-state index contributed by atoms with van der Waals surface area (Å²) >= 11 is 0. The summed E-state index contributed by atoms with van der Waals surface area (Å²) in [5.74, 6) is 1.70. The van der Waals surface area contributed by atoms with E-state index in [9.17, 15) is 0 Å². The Labute approximate surface area is 82.2 Å². The summed E-state index contributed by atoms with van der Waals surface area (Å²) in [7, 11) is 0. The second-order valence-electron chi connectivity index (χ2n) is 3.47. The molecule has 0 saturated carbocycles. The van der Waals surface area contributed by atoms with Gasteiger partial charge in [0.05, 0.1) is 0 Å². The molecule has 3 rings (SSSR count). The van der Waals surface area contributed by atoms with E-state index in [1.807, 2.05) is 12.1 Å². The topological polar surface area (TPSA) is 42.5 Å². The van der Waals surface area contributed by atoms with Crippen molar-refractivity contribution >= 4 is 5.69 Å². The van der Waals surface area contributed by atoms with E-state index in [-0.39, 0.29) is 0 Å². The molecule has 2 heterocycles. The van der Waals surface area contributed by atoms with Crippen LogP contribution in [0.3, 0.4) is 0 Å². The number of benzene rings is 1. The summed E-state index contributed by atoms with van der Waals surface area (Å²) in [6, 6.07) is 4.06. The van der Waals surface area contributed by atoms with E-state index in [0.717, 1.165) is 36.8 Å². The van der Waals surface area contributed by atoms with Crippen LogP contribution in [-0.4, -0.2) is 19.9 Å². The average Bonchev–Trinajstić information content (AvgIpc) is 2.51. The molecule has 1 aromatic carbocycles. The van der Waals surface area contributed by atoms with Gasteiger partial charge in [-0.1, -0.05) is 0 Å². The number of rotatable bonds is 0. The molecule has 0 spiro atoms. The maximum Gasteiger partial charge on any atom is 0.231 e. The van der Waals surface area contributed by atoms with Crippen molar-refractivity contribution in [3.8, 4) is 11.5 Å². The van der Waals surface area contributed by atoms with Gasteiger partial charge in [0.15, 0.2) is 11.5 Å². The molecule has 2 aliphatic heterocycles. The van der Waals surface area contributed by atoms with Crippen molar-refractivity contribution in [2.24, 2.45) is 0 Å². The minimum atomic E-state index is 0.339. The van der Waals surface area contributed by atoms with Gasteiger partial charge in [-0.15, -0.1) is 0 Å². The van der Waals surface area contributed by atoms with Crippen LogP contribution in [0, 0.1) is 0 Å². The highest BCUT2D eigenvalue weighted by molar-refractivity contribution is 5.61. The Bertz CT molecular complexity index is 332. The van der Waals surface area contributed by atoms with Crippen LogP contribution in [0.1, 0.15) is 5.56 Å². The SMILES string of the molecule is c1c2c(cc3c1OCO3)NCCNC2. The van der Waals surface area contributed by atoms with Crippen LogP contribution in [0.4, 0.5) is 5.69 Å². The minimum absolute atomic E-state index is 0.339. The quantitative estimate of drug-likeness (QED) is 0.641. The van der Waals surface area contributed by atoms with E-state index >= 15 is 0 Å². The molecular weight excluding hydrogens is 180 g/mol. The molecule has 4 heteroatoms. The van der Waals surface area contributed by atoms with Gasteiger partial charge in [-0.25, -0.2) is 0 Å². The summed E-state index contributed by atoms with van der Waals surface area (Å²) in [5, 5.41) is 6.69. The normalized spacial score (nSPS) is 18.3. The van der Waals surface area contributed by atoms with Crippen molar-refractivity contribution in [2.75, 3.05) is 25.2 Å². The summed E-state index contributed by atoms with van der Waals surface area (Å²) in [6.07, 6.45) is 0. The standard InChI is InChI=1S/C10H12N2O2/c1-2-12-8-4-10-9(13-6-14-10)3-7(8)5-11-1/h3-4,11-12H,1-2,5-6H2. The van der Waals surface area contributed by atoms with Crippen molar-refractivity contribution in [1.29, 1.82) is 0 Å². The van der Waals surface area contributed by atoms with Crippen LogP contribution < -0.4 is 20.1 Å². The van der Waals surface area contributed by atoms with Crippen molar-refractivity contribution in [3.05, 3.63) is 17.7 Å². The first kappa shape index (κ1) is 7.94. The van der Waals surface area contributed by atoms with Crippen LogP contribution in [0.15, 0.2) is 12.1 Å². The number of fused-ring (bicyclic) bond motifs is 2. The Morgan fingerprint density at radius 2 is 1.93 bits per heavy atom. The first-order valence-electron chi connectivity index (χ1n) is 4.80. The number of hydrogen-bond acceptors (Lipinski definition) is 4. The molecule has 0 bridgehead atoms. The summed E-state index contributed by atoms with van der Waals surface area (Å²) < 4.78 is 10.7. The van der Waals surface area contributed by atoms with Crippen molar-refractivity contribution in [1.82, 2.24) is 5.32 Å². The fourth-order valence-corrected chi connectivity index (χ4v) is 1.80. The molecule has 0 aromatic heterocycles. The Morgan fingerprint density at radius 1 is 1.07 bits per heavy atom. The maximum absolute atomic E-state index is 5.33. The molecule has 4 nitrogen and oxygen atoms in total. The van der Waals surface area contributed by atoms with Gasteiger partial charge in [-0.05, 0) is 11.6 Å². The summed E-state index contributed by atoms with van der Waals surface area (Å²) in [4.78, 5) is 0. The third kappa shape index (κ3) is 1.19. The lowest BCUT2D eigenvalue weighted by molar-refractivity contribution is 0.174. The van der Waals surface area contributed by atoms with Gasteiger partial charge in [-0.3, -0.25) is 0 Å². The van der Waals surface area contributed by atoms with Crippen molar-refractivity contribution in [3.63, 3.8) is 0 Å². The molecule has 2 aliphatic rings. The first-order chi connectivity index (χ1) is 6.93. The zero-order valence-electron chi connectivity index (χ0n) is 7.80. The van der Waals surface area contributed by atoms with Gasteiger partial charge in [-0.2, -0.15) is 0 Å². The average molecular weight is 192 g/mol. The van der Waals surface area contributed by atoms with Gasteiger partial charge >= 0.3 is 0 Å². The van der Waals surface area contributed by atoms with E-state index < -0.39 is 0 Å². The molecule has 0 amide bonds. The van der Waals surface area contributed by atoms with E-state index in [1.54, 1.807) is 0 Å². The summed E-state index contributed by atoms with van der Waals surface area (Å²) in [6.45, 7) is 3.17. The molecule has 0 saturated heterocycles. The molecule has 0 aliphatic carbocycles. The second kappa shape index (κ2) is 3.06. The number of ether oxygens (including phenoxy) is 2. The van der Waals surface area contributed by atoms with Crippen LogP contribution in [0.25, 0.3) is 0 Å². The highest BCUT2D eigenvalue weighted by Crippen LogP contribution is 2.37. The number of hydrogen-bond donors (Lipinski definition) is 2. The third-order valence-corrected chi connectivity index (χ3v) is 2.53. The largest absolute Gasteiger partial charge is 0.454 e. The second-order valence-corrected chi connectivity index (χ2v) is 3.47. The smallest absolute Gasteiger partial charge is 0.231 e. The molecule has 0 atom stereocenters. The Balaban J connectivity index is 2.06. The van der Waals surface area contributed by atoms with E-state index in [2.05, 4.69) is 10.6 Å². The monoisotopic (exact) mass is 192 g/mol. The minimum Gasteiger partial charge on any atom is -0.454 e. The third-order valence-electron chi connectivity index (χ3n) is 2.53. The van der Waals surface area contributed by atoms with Gasteiger partial charge in [0.2, 0.25) is 6.79 Å². The van der Waals surface area contributed by atoms with Crippen LogP contribution >= 0.6 is 0 Å². The number of nitrogens with one attached hydrogen (secondary N) is 2. The van der Waals surface area contributed by atoms with Gasteiger partial charge in [0, 0.05) is 31.4 Å². The van der Waals surface area contributed by atoms with Crippen LogP contribution in [0.2, 0.25) is 0 Å². The van der Waals surface area contributed by atoms with E-state index in [1.165, 1.54) is 5.56 Å².